The highest BCUT2D eigenvalue weighted by molar-refractivity contribution is 7.89. The van der Waals surface area contributed by atoms with Crippen molar-refractivity contribution in [3.63, 3.8) is 0 Å². The second kappa shape index (κ2) is 8.52. The van der Waals surface area contributed by atoms with Crippen LogP contribution in [0.25, 0.3) is 0 Å². The molecule has 146 valence electrons. The van der Waals surface area contributed by atoms with Gasteiger partial charge in [0.05, 0.1) is 16.5 Å². The van der Waals surface area contributed by atoms with Crippen LogP contribution in [0.5, 0.6) is 0 Å². The number of rotatable bonds is 5. The van der Waals surface area contributed by atoms with Crippen LogP contribution in [-0.2, 0) is 10.0 Å². The molecule has 3 rings (SSSR count). The van der Waals surface area contributed by atoms with Crippen molar-refractivity contribution in [2.75, 3.05) is 38.0 Å². The molecular weight excluding hydrogens is 376 g/mol. The van der Waals surface area contributed by atoms with Gasteiger partial charge in [0, 0.05) is 37.4 Å². The average molecular weight is 398 g/mol. The minimum atomic E-state index is -3.61. The monoisotopic (exact) mass is 398 g/mol. The van der Waals surface area contributed by atoms with Gasteiger partial charge in [0.2, 0.25) is 10.0 Å². The molecule has 0 aliphatic carbocycles. The highest BCUT2D eigenvalue weighted by Gasteiger charge is 2.28. The summed E-state index contributed by atoms with van der Waals surface area (Å²) in [5.41, 5.74) is 1.26. The molecule has 0 radical (unpaired) electrons. The largest absolute Gasteiger partial charge is 0.322 e. The van der Waals surface area contributed by atoms with E-state index in [0.29, 0.717) is 43.0 Å². The summed E-state index contributed by atoms with van der Waals surface area (Å²) < 4.78 is 27.3. The fraction of sp³-hybridized carbons (Fsp3) is 0.300. The normalized spacial score (nSPS) is 15.7. The first-order valence-electron chi connectivity index (χ1n) is 9.08. The van der Waals surface area contributed by atoms with Crippen LogP contribution >= 0.6 is 0 Å². The van der Waals surface area contributed by atoms with Crippen molar-refractivity contribution in [1.29, 1.82) is 5.26 Å². The lowest BCUT2D eigenvalue weighted by Crippen LogP contribution is -2.48. The van der Waals surface area contributed by atoms with Crippen LogP contribution in [0, 0.1) is 11.3 Å². The molecule has 0 unspecified atom stereocenters. The zero-order chi connectivity index (χ0) is 20.1. The molecule has 0 atom stereocenters. The van der Waals surface area contributed by atoms with Crippen LogP contribution in [0.1, 0.15) is 22.8 Å². The van der Waals surface area contributed by atoms with Gasteiger partial charge >= 0.3 is 0 Å². The summed E-state index contributed by atoms with van der Waals surface area (Å²) >= 11 is 0. The molecule has 1 amide bonds. The summed E-state index contributed by atoms with van der Waals surface area (Å²) in [4.78, 5) is 14.8. The third-order valence-corrected chi connectivity index (χ3v) is 6.68. The summed E-state index contributed by atoms with van der Waals surface area (Å²) in [6.07, 6.45) is 0. The Balaban J connectivity index is 1.74. The molecule has 2 aromatic rings. The van der Waals surface area contributed by atoms with Crippen molar-refractivity contribution in [1.82, 2.24) is 9.21 Å². The highest BCUT2D eigenvalue weighted by atomic mass is 32.2. The molecule has 1 aliphatic rings. The molecule has 0 bridgehead atoms. The van der Waals surface area contributed by atoms with Gasteiger partial charge in [-0.05, 0) is 49.0 Å². The third kappa shape index (κ3) is 4.39. The van der Waals surface area contributed by atoms with Crippen molar-refractivity contribution < 1.29 is 13.2 Å². The SMILES string of the molecule is CCN1CCN(S(=O)(=O)c2cccc(NC(=O)c3ccc(C#N)cc3)c2)CC1. The number of anilines is 1. The predicted octanol–water partition coefficient (Wildman–Crippen LogP) is 2.14. The Morgan fingerprint density at radius 2 is 1.79 bits per heavy atom. The Hall–Kier alpha value is -2.73. The van der Waals surface area contributed by atoms with Crippen LogP contribution in [0.2, 0.25) is 0 Å². The number of carbonyl (C=O) groups is 1. The van der Waals surface area contributed by atoms with Crippen molar-refractivity contribution in [2.45, 2.75) is 11.8 Å². The standard InChI is InChI=1S/C20H22N4O3S/c1-2-23-10-12-24(13-11-23)28(26,27)19-5-3-4-18(14-19)22-20(25)17-8-6-16(15-21)7-9-17/h3-9,14H,2,10-13H2,1H3,(H,22,25). The molecule has 0 spiro atoms. The number of hydrogen-bond acceptors (Lipinski definition) is 5. The van der Waals surface area contributed by atoms with Crippen LogP contribution in [0.15, 0.2) is 53.4 Å². The zero-order valence-corrected chi connectivity index (χ0v) is 16.4. The van der Waals surface area contributed by atoms with Crippen LogP contribution < -0.4 is 5.32 Å². The molecule has 1 heterocycles. The smallest absolute Gasteiger partial charge is 0.255 e. The van der Waals surface area contributed by atoms with E-state index in [4.69, 9.17) is 5.26 Å². The van der Waals surface area contributed by atoms with E-state index in [-0.39, 0.29) is 10.8 Å². The Labute approximate surface area is 165 Å². The van der Waals surface area contributed by atoms with Crippen molar-refractivity contribution in [3.8, 4) is 6.07 Å². The first kappa shape index (κ1) is 20.0. The van der Waals surface area contributed by atoms with E-state index < -0.39 is 10.0 Å². The fourth-order valence-electron chi connectivity index (χ4n) is 3.07. The number of nitrogens with zero attached hydrogens (tertiary/aromatic N) is 3. The van der Waals surface area contributed by atoms with Crippen molar-refractivity contribution >= 4 is 21.6 Å². The Bertz CT molecular complexity index is 989. The maximum Gasteiger partial charge on any atom is 0.255 e. The van der Waals surface area contributed by atoms with E-state index in [1.54, 1.807) is 42.5 Å². The van der Waals surface area contributed by atoms with Crippen molar-refractivity contribution in [2.24, 2.45) is 0 Å². The van der Waals surface area contributed by atoms with Crippen molar-refractivity contribution in [3.05, 3.63) is 59.7 Å². The summed E-state index contributed by atoms with van der Waals surface area (Å²) in [5, 5.41) is 11.5. The molecule has 1 fully saturated rings. The Kier molecular flexibility index (Phi) is 6.09. The van der Waals surface area contributed by atoms with E-state index in [1.165, 1.54) is 10.4 Å². The van der Waals surface area contributed by atoms with Gasteiger partial charge in [-0.1, -0.05) is 13.0 Å². The molecule has 7 nitrogen and oxygen atoms in total. The van der Waals surface area contributed by atoms with E-state index in [1.807, 2.05) is 6.07 Å². The van der Waals surface area contributed by atoms with Gasteiger partial charge in [-0.2, -0.15) is 9.57 Å². The number of sulfonamides is 1. The van der Waals surface area contributed by atoms with Crippen LogP contribution in [0.4, 0.5) is 5.69 Å². The fourth-order valence-corrected chi connectivity index (χ4v) is 4.54. The molecule has 28 heavy (non-hydrogen) atoms. The number of amides is 1. The van der Waals surface area contributed by atoms with Gasteiger partial charge in [-0.3, -0.25) is 4.79 Å². The van der Waals surface area contributed by atoms with E-state index >= 15 is 0 Å². The highest BCUT2D eigenvalue weighted by Crippen LogP contribution is 2.21. The molecule has 2 aromatic carbocycles. The topological polar surface area (TPSA) is 93.5 Å². The lowest BCUT2D eigenvalue weighted by Gasteiger charge is -2.33. The molecule has 1 aliphatic heterocycles. The molecule has 1 saturated heterocycles. The minimum Gasteiger partial charge on any atom is -0.322 e. The molecule has 0 saturated carbocycles. The zero-order valence-electron chi connectivity index (χ0n) is 15.6. The van der Waals surface area contributed by atoms with Crippen LogP contribution in [0.3, 0.4) is 0 Å². The molecule has 1 N–H and O–H groups in total. The number of benzene rings is 2. The lowest BCUT2D eigenvalue weighted by molar-refractivity contribution is 0.102. The van der Waals surface area contributed by atoms with E-state index in [9.17, 15) is 13.2 Å². The van der Waals surface area contributed by atoms with Gasteiger partial charge in [0.1, 0.15) is 0 Å². The number of hydrogen-bond donors (Lipinski definition) is 1. The van der Waals surface area contributed by atoms with Gasteiger partial charge in [0.25, 0.3) is 5.91 Å². The van der Waals surface area contributed by atoms with E-state index in [0.717, 1.165) is 6.54 Å². The Morgan fingerprint density at radius 1 is 1.11 bits per heavy atom. The average Bonchev–Trinajstić information content (AvgIpc) is 2.74. The molecular formula is C20H22N4O3S. The third-order valence-electron chi connectivity index (χ3n) is 4.78. The van der Waals surface area contributed by atoms with E-state index in [2.05, 4.69) is 17.1 Å². The van der Waals surface area contributed by atoms with Gasteiger partial charge in [0.15, 0.2) is 0 Å². The number of nitriles is 1. The molecule has 8 heteroatoms. The second-order valence-corrected chi connectivity index (χ2v) is 8.45. The number of carbonyl (C=O) groups excluding carboxylic acids is 1. The molecule has 0 aromatic heterocycles. The van der Waals surface area contributed by atoms with Gasteiger partial charge in [-0.25, -0.2) is 8.42 Å². The lowest BCUT2D eigenvalue weighted by atomic mass is 10.1. The number of nitrogens with one attached hydrogen (secondary N) is 1. The summed E-state index contributed by atoms with van der Waals surface area (Å²) in [5.74, 6) is -0.365. The number of piperazine rings is 1. The summed E-state index contributed by atoms with van der Waals surface area (Å²) in [6.45, 7) is 5.31. The minimum absolute atomic E-state index is 0.162. The first-order chi connectivity index (χ1) is 13.4. The van der Waals surface area contributed by atoms with Gasteiger partial charge in [-0.15, -0.1) is 0 Å². The quantitative estimate of drug-likeness (QED) is 0.833. The predicted molar refractivity (Wildman–Crippen MR) is 106 cm³/mol. The Morgan fingerprint density at radius 3 is 2.39 bits per heavy atom. The van der Waals surface area contributed by atoms with Gasteiger partial charge < -0.3 is 10.2 Å². The maximum atomic E-state index is 12.9. The summed E-state index contributed by atoms with van der Waals surface area (Å²) in [7, 11) is -3.61. The summed E-state index contributed by atoms with van der Waals surface area (Å²) in [6, 6.07) is 14.5. The van der Waals surface area contributed by atoms with Crippen LogP contribution in [-0.4, -0.2) is 56.3 Å². The maximum absolute atomic E-state index is 12.9. The second-order valence-electron chi connectivity index (χ2n) is 6.51. The number of likely N-dealkylation sites (N-methyl/N-ethyl adjacent to an activating group) is 1. The first-order valence-corrected chi connectivity index (χ1v) is 10.5.